The van der Waals surface area contributed by atoms with Crippen molar-refractivity contribution in [3.63, 3.8) is 0 Å². The predicted molar refractivity (Wildman–Crippen MR) is 52.0 cm³/mol. The summed E-state index contributed by atoms with van der Waals surface area (Å²) < 4.78 is 14.9. The van der Waals surface area contributed by atoms with Crippen molar-refractivity contribution in [1.29, 1.82) is 0 Å². The number of aliphatic hydroxyl groups is 1. The minimum atomic E-state index is -0.366. The number of halogens is 1. The van der Waals surface area contributed by atoms with E-state index in [-0.39, 0.29) is 12.4 Å². The molecule has 1 aromatic heterocycles. The third-order valence-electron chi connectivity index (χ3n) is 2.12. The molecule has 1 aromatic carbocycles. The normalized spacial score (nSPS) is 10.6. The number of rotatable bonds is 2. The molecule has 0 aliphatic carbocycles. The van der Waals surface area contributed by atoms with Gasteiger partial charge >= 0.3 is 0 Å². The lowest BCUT2D eigenvalue weighted by molar-refractivity contribution is 0.268. The Kier molecular flexibility index (Phi) is 2.47. The fraction of sp³-hybridized carbons (Fsp3) is 0.200. The molecule has 0 unspecified atom stereocenters. The van der Waals surface area contributed by atoms with Gasteiger partial charge in [-0.25, -0.2) is 4.39 Å². The summed E-state index contributed by atoms with van der Waals surface area (Å²) in [5.74, 6) is -0.0467. The Balaban J connectivity index is 2.58. The average molecular weight is 207 g/mol. The van der Waals surface area contributed by atoms with Crippen LogP contribution in [0.15, 0.2) is 24.5 Å². The van der Waals surface area contributed by atoms with Crippen LogP contribution in [0.3, 0.4) is 0 Å². The molecule has 15 heavy (non-hydrogen) atoms. The van der Waals surface area contributed by atoms with Gasteiger partial charge in [0.1, 0.15) is 18.8 Å². The summed E-state index contributed by atoms with van der Waals surface area (Å²) in [7, 11) is 0. The van der Waals surface area contributed by atoms with Gasteiger partial charge in [0, 0.05) is 0 Å². The largest absolute Gasteiger partial charge is 0.388 e. The van der Waals surface area contributed by atoms with Crippen molar-refractivity contribution in [2.45, 2.75) is 13.5 Å². The van der Waals surface area contributed by atoms with Crippen molar-refractivity contribution in [1.82, 2.24) is 14.8 Å². The zero-order valence-corrected chi connectivity index (χ0v) is 8.18. The first-order valence-corrected chi connectivity index (χ1v) is 4.48. The van der Waals surface area contributed by atoms with E-state index < -0.39 is 0 Å². The standard InChI is InChI=1S/C10H10FN3O/c1-7-2-3-8(11)9(4-7)14-6-12-13-10(14)5-15/h2-4,6,15H,5H2,1H3. The molecule has 2 rings (SSSR count). The van der Waals surface area contributed by atoms with Gasteiger partial charge in [0.25, 0.3) is 0 Å². The molecule has 1 heterocycles. The van der Waals surface area contributed by atoms with E-state index in [1.165, 1.54) is 17.0 Å². The summed E-state index contributed by atoms with van der Waals surface area (Å²) in [6, 6.07) is 4.74. The Morgan fingerprint density at radius 2 is 2.27 bits per heavy atom. The Bertz CT molecular complexity index is 481. The van der Waals surface area contributed by atoms with Gasteiger partial charge < -0.3 is 5.11 Å². The first-order chi connectivity index (χ1) is 7.22. The van der Waals surface area contributed by atoms with E-state index in [1.54, 1.807) is 12.1 Å². The molecule has 0 aliphatic heterocycles. The van der Waals surface area contributed by atoms with Gasteiger partial charge in [-0.05, 0) is 24.6 Å². The lowest BCUT2D eigenvalue weighted by atomic mass is 10.2. The van der Waals surface area contributed by atoms with Crippen LogP contribution in [0.1, 0.15) is 11.4 Å². The van der Waals surface area contributed by atoms with Crippen molar-refractivity contribution < 1.29 is 9.50 Å². The summed E-state index contributed by atoms with van der Waals surface area (Å²) in [5, 5.41) is 16.3. The molecule has 0 amide bonds. The van der Waals surface area contributed by atoms with E-state index >= 15 is 0 Å². The van der Waals surface area contributed by atoms with Gasteiger partial charge in [0.15, 0.2) is 5.82 Å². The van der Waals surface area contributed by atoms with Crippen LogP contribution >= 0.6 is 0 Å². The minimum absolute atomic E-state index is 0.270. The average Bonchev–Trinajstić information content (AvgIpc) is 2.69. The highest BCUT2D eigenvalue weighted by Crippen LogP contribution is 2.16. The smallest absolute Gasteiger partial charge is 0.163 e. The molecular formula is C10H10FN3O. The highest BCUT2D eigenvalue weighted by molar-refractivity contribution is 5.37. The zero-order chi connectivity index (χ0) is 10.8. The van der Waals surface area contributed by atoms with Gasteiger partial charge in [-0.3, -0.25) is 4.57 Å². The lowest BCUT2D eigenvalue weighted by Crippen LogP contribution is -2.02. The van der Waals surface area contributed by atoms with Crippen molar-refractivity contribution in [2.75, 3.05) is 0 Å². The van der Waals surface area contributed by atoms with Crippen LogP contribution in [-0.2, 0) is 6.61 Å². The number of benzene rings is 1. The van der Waals surface area contributed by atoms with E-state index in [0.717, 1.165) is 5.56 Å². The first-order valence-electron chi connectivity index (χ1n) is 4.48. The van der Waals surface area contributed by atoms with Crippen LogP contribution in [0.5, 0.6) is 0 Å². The monoisotopic (exact) mass is 207 g/mol. The number of nitrogens with zero attached hydrogens (tertiary/aromatic N) is 3. The van der Waals surface area contributed by atoms with E-state index in [2.05, 4.69) is 10.2 Å². The van der Waals surface area contributed by atoms with E-state index in [0.29, 0.717) is 11.5 Å². The molecule has 78 valence electrons. The molecule has 0 atom stereocenters. The Labute approximate surface area is 86.0 Å². The van der Waals surface area contributed by atoms with Crippen LogP contribution < -0.4 is 0 Å². The van der Waals surface area contributed by atoms with Gasteiger partial charge in [-0.1, -0.05) is 6.07 Å². The summed E-state index contributed by atoms with van der Waals surface area (Å²) in [4.78, 5) is 0. The topological polar surface area (TPSA) is 50.9 Å². The maximum Gasteiger partial charge on any atom is 0.163 e. The molecule has 4 nitrogen and oxygen atoms in total. The molecule has 0 bridgehead atoms. The summed E-state index contributed by atoms with van der Waals surface area (Å²) >= 11 is 0. The molecular weight excluding hydrogens is 197 g/mol. The van der Waals surface area contributed by atoms with E-state index in [9.17, 15) is 4.39 Å². The summed E-state index contributed by atoms with van der Waals surface area (Å²) in [6.45, 7) is 1.60. The Hall–Kier alpha value is -1.75. The van der Waals surface area contributed by atoms with Crippen molar-refractivity contribution >= 4 is 0 Å². The number of hydrogen-bond acceptors (Lipinski definition) is 3. The van der Waals surface area contributed by atoms with Crippen LogP contribution in [0, 0.1) is 12.7 Å². The second-order valence-electron chi connectivity index (χ2n) is 3.23. The number of aromatic nitrogens is 3. The van der Waals surface area contributed by atoms with Gasteiger partial charge in [-0.15, -0.1) is 10.2 Å². The predicted octanol–water partition coefficient (Wildman–Crippen LogP) is 1.21. The van der Waals surface area contributed by atoms with Crippen LogP contribution in [0.2, 0.25) is 0 Å². The van der Waals surface area contributed by atoms with Crippen molar-refractivity contribution in [3.05, 3.63) is 41.7 Å². The second kappa shape index (κ2) is 3.78. The van der Waals surface area contributed by atoms with Crippen LogP contribution in [0.25, 0.3) is 5.69 Å². The fourth-order valence-corrected chi connectivity index (χ4v) is 1.38. The fourth-order valence-electron chi connectivity index (χ4n) is 1.38. The summed E-state index contributed by atoms with van der Waals surface area (Å²) in [6.07, 6.45) is 1.38. The number of aryl methyl sites for hydroxylation is 1. The molecule has 0 aliphatic rings. The molecule has 5 heteroatoms. The SMILES string of the molecule is Cc1ccc(F)c(-n2cnnc2CO)c1. The third-order valence-corrected chi connectivity index (χ3v) is 2.12. The highest BCUT2D eigenvalue weighted by Gasteiger charge is 2.09. The minimum Gasteiger partial charge on any atom is -0.388 e. The third kappa shape index (κ3) is 1.73. The molecule has 1 N–H and O–H groups in total. The van der Waals surface area contributed by atoms with E-state index in [4.69, 9.17) is 5.11 Å². The van der Waals surface area contributed by atoms with Crippen LogP contribution in [0.4, 0.5) is 4.39 Å². The molecule has 0 fully saturated rings. The highest BCUT2D eigenvalue weighted by atomic mass is 19.1. The lowest BCUT2D eigenvalue weighted by Gasteiger charge is -2.06. The molecule has 0 radical (unpaired) electrons. The summed E-state index contributed by atoms with van der Waals surface area (Å²) in [5.41, 5.74) is 1.29. The first kappa shape index (κ1) is 9.79. The number of hydrogen-bond donors (Lipinski definition) is 1. The molecule has 0 spiro atoms. The zero-order valence-electron chi connectivity index (χ0n) is 8.18. The Morgan fingerprint density at radius 3 is 3.00 bits per heavy atom. The Morgan fingerprint density at radius 1 is 1.47 bits per heavy atom. The van der Waals surface area contributed by atoms with E-state index in [1.807, 2.05) is 6.92 Å². The van der Waals surface area contributed by atoms with Crippen molar-refractivity contribution in [2.24, 2.45) is 0 Å². The maximum absolute atomic E-state index is 13.5. The maximum atomic E-state index is 13.5. The number of aliphatic hydroxyl groups excluding tert-OH is 1. The molecule has 2 aromatic rings. The quantitative estimate of drug-likeness (QED) is 0.805. The molecule has 0 saturated carbocycles. The van der Waals surface area contributed by atoms with Crippen LogP contribution in [-0.4, -0.2) is 19.9 Å². The van der Waals surface area contributed by atoms with Gasteiger partial charge in [0.2, 0.25) is 0 Å². The second-order valence-corrected chi connectivity index (χ2v) is 3.23. The van der Waals surface area contributed by atoms with Crippen molar-refractivity contribution in [3.8, 4) is 5.69 Å². The van der Waals surface area contributed by atoms with Gasteiger partial charge in [0.05, 0.1) is 5.69 Å². The molecule has 0 saturated heterocycles. The van der Waals surface area contributed by atoms with Gasteiger partial charge in [-0.2, -0.15) is 0 Å².